The first-order chi connectivity index (χ1) is 12.1. The Labute approximate surface area is 149 Å². The number of hydrogen-bond acceptors (Lipinski definition) is 5. The number of rotatable bonds is 7. The first kappa shape index (κ1) is 17.8. The second-order valence-corrected chi connectivity index (χ2v) is 6.51. The molecule has 0 bridgehead atoms. The Hall–Kier alpha value is -2.01. The molecule has 1 aromatic heterocycles. The van der Waals surface area contributed by atoms with Crippen molar-refractivity contribution in [2.24, 2.45) is 0 Å². The molecular formula is C20H28N2O3. The van der Waals surface area contributed by atoms with Crippen LogP contribution in [0.25, 0.3) is 0 Å². The molecule has 5 nitrogen and oxygen atoms in total. The summed E-state index contributed by atoms with van der Waals surface area (Å²) in [6.45, 7) is 11.3. The van der Waals surface area contributed by atoms with Gasteiger partial charge in [-0.3, -0.25) is 4.90 Å². The molecule has 1 aliphatic rings. The van der Waals surface area contributed by atoms with Gasteiger partial charge >= 0.3 is 0 Å². The molecule has 3 rings (SSSR count). The van der Waals surface area contributed by atoms with Crippen LogP contribution in [-0.4, -0.2) is 29.8 Å². The molecule has 0 amide bonds. The minimum Gasteiger partial charge on any atom is -0.490 e. The van der Waals surface area contributed by atoms with Gasteiger partial charge in [0, 0.05) is 18.2 Å². The van der Waals surface area contributed by atoms with E-state index >= 15 is 0 Å². The summed E-state index contributed by atoms with van der Waals surface area (Å²) in [7, 11) is 0. The monoisotopic (exact) mass is 344 g/mol. The maximum absolute atomic E-state index is 5.76. The standard InChI is InChI=1S/C20H28N2O3/c1-5-23-18-10-9-16(12-19(18)24-6-2)13-22-11-7-8-17(22)20-14(3)21-25-15(20)4/h9-10,12,17H,5-8,11,13H2,1-4H3/t17-/m0/s1. The van der Waals surface area contributed by atoms with Crippen molar-refractivity contribution in [1.29, 1.82) is 0 Å². The van der Waals surface area contributed by atoms with Gasteiger partial charge in [-0.2, -0.15) is 0 Å². The van der Waals surface area contributed by atoms with E-state index in [2.05, 4.69) is 22.2 Å². The SMILES string of the molecule is CCOc1ccc(CN2CCC[C@H]2c2c(C)noc2C)cc1OCC. The van der Waals surface area contributed by atoms with Crippen molar-refractivity contribution in [2.75, 3.05) is 19.8 Å². The van der Waals surface area contributed by atoms with Gasteiger partial charge in [0.15, 0.2) is 11.5 Å². The number of ether oxygens (including phenoxy) is 2. The maximum Gasteiger partial charge on any atom is 0.161 e. The molecule has 1 aliphatic heterocycles. The van der Waals surface area contributed by atoms with Crippen molar-refractivity contribution in [3.05, 3.63) is 40.8 Å². The molecule has 136 valence electrons. The third-order valence-corrected chi connectivity index (χ3v) is 4.78. The van der Waals surface area contributed by atoms with Crippen LogP contribution in [0.5, 0.6) is 11.5 Å². The van der Waals surface area contributed by atoms with Crippen LogP contribution in [0, 0.1) is 13.8 Å². The zero-order valence-electron chi connectivity index (χ0n) is 15.7. The maximum atomic E-state index is 5.76. The molecule has 0 saturated carbocycles. The first-order valence-electron chi connectivity index (χ1n) is 9.19. The Bertz CT molecular complexity index is 691. The van der Waals surface area contributed by atoms with Crippen LogP contribution in [0.2, 0.25) is 0 Å². The van der Waals surface area contributed by atoms with Gasteiger partial charge in [0.05, 0.1) is 18.9 Å². The van der Waals surface area contributed by atoms with E-state index < -0.39 is 0 Å². The molecular weight excluding hydrogens is 316 g/mol. The van der Waals surface area contributed by atoms with Gasteiger partial charge in [0.1, 0.15) is 5.76 Å². The fourth-order valence-corrected chi connectivity index (χ4v) is 3.74. The van der Waals surface area contributed by atoms with E-state index in [1.54, 1.807) is 0 Å². The molecule has 1 atom stereocenters. The number of aryl methyl sites for hydroxylation is 2. The summed E-state index contributed by atoms with van der Waals surface area (Å²) in [5, 5.41) is 4.13. The highest BCUT2D eigenvalue weighted by Crippen LogP contribution is 2.37. The summed E-state index contributed by atoms with van der Waals surface area (Å²) in [5.41, 5.74) is 3.51. The molecule has 1 fully saturated rings. The van der Waals surface area contributed by atoms with Crippen LogP contribution in [0.4, 0.5) is 0 Å². The van der Waals surface area contributed by atoms with Gasteiger partial charge in [-0.05, 0) is 64.8 Å². The smallest absolute Gasteiger partial charge is 0.161 e. The largest absolute Gasteiger partial charge is 0.490 e. The molecule has 0 unspecified atom stereocenters. The quantitative estimate of drug-likeness (QED) is 0.744. The Morgan fingerprint density at radius 1 is 1.16 bits per heavy atom. The molecule has 0 spiro atoms. The fourth-order valence-electron chi connectivity index (χ4n) is 3.74. The van der Waals surface area contributed by atoms with E-state index in [0.717, 1.165) is 42.5 Å². The van der Waals surface area contributed by atoms with Gasteiger partial charge in [-0.1, -0.05) is 11.2 Å². The van der Waals surface area contributed by atoms with E-state index in [4.69, 9.17) is 14.0 Å². The lowest BCUT2D eigenvalue weighted by molar-refractivity contribution is 0.244. The topological polar surface area (TPSA) is 47.7 Å². The first-order valence-corrected chi connectivity index (χ1v) is 9.19. The Morgan fingerprint density at radius 3 is 2.60 bits per heavy atom. The Kier molecular flexibility index (Phi) is 5.63. The molecule has 25 heavy (non-hydrogen) atoms. The lowest BCUT2D eigenvalue weighted by Crippen LogP contribution is -2.23. The van der Waals surface area contributed by atoms with Gasteiger partial charge in [0.2, 0.25) is 0 Å². The molecule has 1 saturated heterocycles. The van der Waals surface area contributed by atoms with Crippen molar-refractivity contribution >= 4 is 0 Å². The normalized spacial score (nSPS) is 17.8. The van der Waals surface area contributed by atoms with E-state index in [1.165, 1.54) is 17.5 Å². The van der Waals surface area contributed by atoms with Crippen LogP contribution in [0.3, 0.4) is 0 Å². The van der Waals surface area contributed by atoms with Crippen LogP contribution in [-0.2, 0) is 6.54 Å². The minimum absolute atomic E-state index is 0.383. The van der Waals surface area contributed by atoms with Crippen LogP contribution in [0.15, 0.2) is 22.7 Å². The van der Waals surface area contributed by atoms with Crippen LogP contribution < -0.4 is 9.47 Å². The number of hydrogen-bond donors (Lipinski definition) is 0. The van der Waals surface area contributed by atoms with E-state index in [0.29, 0.717) is 19.3 Å². The van der Waals surface area contributed by atoms with E-state index in [9.17, 15) is 0 Å². The summed E-state index contributed by atoms with van der Waals surface area (Å²) < 4.78 is 16.8. The molecule has 0 aliphatic carbocycles. The van der Waals surface area contributed by atoms with Crippen molar-refractivity contribution in [3.8, 4) is 11.5 Å². The summed E-state index contributed by atoms with van der Waals surface area (Å²) >= 11 is 0. The number of benzene rings is 1. The molecule has 2 aromatic rings. The third-order valence-electron chi connectivity index (χ3n) is 4.78. The lowest BCUT2D eigenvalue weighted by Gasteiger charge is -2.25. The molecule has 5 heteroatoms. The van der Waals surface area contributed by atoms with Crippen LogP contribution >= 0.6 is 0 Å². The zero-order valence-corrected chi connectivity index (χ0v) is 15.7. The van der Waals surface area contributed by atoms with Crippen molar-refractivity contribution in [1.82, 2.24) is 10.1 Å². The highest BCUT2D eigenvalue weighted by Gasteiger charge is 2.30. The second kappa shape index (κ2) is 7.91. The van der Waals surface area contributed by atoms with Crippen molar-refractivity contribution in [3.63, 3.8) is 0 Å². The average Bonchev–Trinajstić information content (AvgIpc) is 3.16. The summed E-state index contributed by atoms with van der Waals surface area (Å²) in [5.74, 6) is 2.59. The van der Waals surface area contributed by atoms with E-state index in [1.807, 2.05) is 33.8 Å². The van der Waals surface area contributed by atoms with Crippen LogP contribution in [0.1, 0.15) is 55.3 Å². The van der Waals surface area contributed by atoms with Crippen molar-refractivity contribution < 1.29 is 14.0 Å². The lowest BCUT2D eigenvalue weighted by atomic mass is 10.0. The summed E-state index contributed by atoms with van der Waals surface area (Å²) in [6, 6.07) is 6.64. The fraction of sp³-hybridized carbons (Fsp3) is 0.550. The highest BCUT2D eigenvalue weighted by atomic mass is 16.5. The average molecular weight is 344 g/mol. The highest BCUT2D eigenvalue weighted by molar-refractivity contribution is 5.43. The third kappa shape index (κ3) is 3.82. The predicted octanol–water partition coefficient (Wildman–Crippen LogP) is 4.43. The van der Waals surface area contributed by atoms with Gasteiger partial charge in [-0.15, -0.1) is 0 Å². The van der Waals surface area contributed by atoms with Gasteiger partial charge in [0.25, 0.3) is 0 Å². The van der Waals surface area contributed by atoms with Crippen molar-refractivity contribution in [2.45, 2.75) is 53.1 Å². The number of nitrogens with zero attached hydrogens (tertiary/aromatic N) is 2. The summed E-state index contributed by atoms with van der Waals surface area (Å²) in [6.07, 6.45) is 2.35. The molecule has 0 N–H and O–H groups in total. The molecule has 2 heterocycles. The Balaban J connectivity index is 1.80. The molecule has 1 aromatic carbocycles. The summed E-state index contributed by atoms with van der Waals surface area (Å²) in [4.78, 5) is 2.51. The second-order valence-electron chi connectivity index (χ2n) is 6.51. The minimum atomic E-state index is 0.383. The van der Waals surface area contributed by atoms with E-state index in [-0.39, 0.29) is 0 Å². The molecule has 0 radical (unpaired) electrons. The van der Waals surface area contributed by atoms with Gasteiger partial charge in [-0.25, -0.2) is 0 Å². The van der Waals surface area contributed by atoms with Gasteiger partial charge < -0.3 is 14.0 Å². The zero-order chi connectivity index (χ0) is 17.8. The number of aromatic nitrogens is 1. The predicted molar refractivity (Wildman–Crippen MR) is 97.1 cm³/mol. The number of likely N-dealkylation sites (tertiary alicyclic amines) is 1. The Morgan fingerprint density at radius 2 is 1.92 bits per heavy atom.